The molecule has 0 aliphatic rings. The molecular formula is C94H165NO8. The minimum atomic E-state index is -1.63. The molecule has 0 aromatic heterocycles. The predicted octanol–water partition coefficient (Wildman–Crippen LogP) is 27.3. The van der Waals surface area contributed by atoms with Crippen LogP contribution in [0.5, 0.6) is 0 Å². The number of carbonyl (C=O) groups is 3. The first-order chi connectivity index (χ1) is 50.6. The SMILES string of the molecule is CC/C=C\C/C=C\C/C=C\C/C=C\C/C=C\C/C=C\C/C=C\CCCCCCCCCCCCCCCCCC(=O)OC(COC(=O)CCCCCCCCCCCCCCCCCCCCCCCCCCCC/C=C\C/C=C\C/C=C\CCCCCCC)COC(OCC[N+](C)(C)C)C(=O)[O-]. The molecule has 594 valence electrons. The van der Waals surface area contributed by atoms with Crippen LogP contribution in [-0.4, -0.2) is 82.3 Å². The maximum absolute atomic E-state index is 13.0. The zero-order valence-corrected chi connectivity index (χ0v) is 68.2. The summed E-state index contributed by atoms with van der Waals surface area (Å²) in [5, 5.41) is 11.9. The van der Waals surface area contributed by atoms with E-state index < -0.39 is 24.3 Å². The Morgan fingerprint density at radius 1 is 0.301 bits per heavy atom. The van der Waals surface area contributed by atoms with Crippen molar-refractivity contribution in [3.63, 3.8) is 0 Å². The van der Waals surface area contributed by atoms with Crippen molar-refractivity contribution in [2.75, 3.05) is 47.5 Å². The van der Waals surface area contributed by atoms with Crippen molar-refractivity contribution in [3.8, 4) is 0 Å². The number of carboxylic acids is 1. The summed E-state index contributed by atoms with van der Waals surface area (Å²) >= 11 is 0. The van der Waals surface area contributed by atoms with Gasteiger partial charge in [-0.1, -0.05) is 399 Å². The molecule has 0 heterocycles. The normalized spacial score (nSPS) is 13.2. The molecule has 0 saturated carbocycles. The number of carbonyl (C=O) groups excluding carboxylic acids is 3. The predicted molar refractivity (Wildman–Crippen MR) is 444 cm³/mol. The molecule has 0 N–H and O–H groups in total. The number of likely N-dealkylation sites (N-methyl/N-ethyl adjacent to an activating group) is 1. The first-order valence-electron chi connectivity index (χ1n) is 43.7. The van der Waals surface area contributed by atoms with Crippen molar-refractivity contribution in [3.05, 3.63) is 122 Å². The topological polar surface area (TPSA) is 111 Å². The molecule has 2 unspecified atom stereocenters. The Morgan fingerprint density at radius 3 is 0.825 bits per heavy atom. The van der Waals surface area contributed by atoms with Crippen LogP contribution in [0.15, 0.2) is 122 Å². The van der Waals surface area contributed by atoms with E-state index in [1.54, 1.807) is 0 Å². The van der Waals surface area contributed by atoms with E-state index in [0.717, 1.165) is 96.3 Å². The van der Waals surface area contributed by atoms with Crippen LogP contribution in [0.3, 0.4) is 0 Å². The molecule has 0 aromatic carbocycles. The number of quaternary nitrogens is 1. The van der Waals surface area contributed by atoms with Gasteiger partial charge in [-0.05, 0) is 109 Å². The minimum Gasteiger partial charge on any atom is -0.545 e. The fraction of sp³-hybridized carbons (Fsp3) is 0.755. The van der Waals surface area contributed by atoms with Gasteiger partial charge in [0.25, 0.3) is 0 Å². The van der Waals surface area contributed by atoms with E-state index >= 15 is 0 Å². The highest BCUT2D eigenvalue weighted by atomic mass is 16.7. The van der Waals surface area contributed by atoms with Crippen molar-refractivity contribution in [1.29, 1.82) is 0 Å². The van der Waals surface area contributed by atoms with Crippen LogP contribution < -0.4 is 5.11 Å². The molecular weight excluding hydrogens is 1270 g/mol. The summed E-state index contributed by atoms with van der Waals surface area (Å²) < 4.78 is 22.9. The molecule has 0 saturated heterocycles. The number of nitrogens with zero attached hydrogens (tertiary/aromatic N) is 1. The number of aliphatic carboxylic acids is 1. The molecule has 0 fully saturated rings. The number of unbranched alkanes of at least 4 members (excludes halogenated alkanes) is 46. The third kappa shape index (κ3) is 84.8. The highest BCUT2D eigenvalue weighted by molar-refractivity contribution is 5.70. The molecule has 2 atom stereocenters. The van der Waals surface area contributed by atoms with Gasteiger partial charge in [-0.15, -0.1) is 0 Å². The van der Waals surface area contributed by atoms with Crippen molar-refractivity contribution >= 4 is 17.9 Å². The number of carboxylic acid groups (broad SMARTS) is 1. The molecule has 0 amide bonds. The molecule has 0 spiro atoms. The van der Waals surface area contributed by atoms with E-state index in [-0.39, 0.29) is 32.2 Å². The van der Waals surface area contributed by atoms with E-state index in [0.29, 0.717) is 23.9 Å². The zero-order valence-electron chi connectivity index (χ0n) is 68.2. The number of hydrogen-bond acceptors (Lipinski definition) is 8. The third-order valence-corrected chi connectivity index (χ3v) is 19.2. The van der Waals surface area contributed by atoms with Crippen LogP contribution in [0.25, 0.3) is 0 Å². The zero-order chi connectivity index (χ0) is 74.6. The second-order valence-corrected chi connectivity index (χ2v) is 30.4. The lowest BCUT2D eigenvalue weighted by Gasteiger charge is -2.26. The van der Waals surface area contributed by atoms with Crippen LogP contribution in [0, 0.1) is 0 Å². The smallest absolute Gasteiger partial charge is 0.306 e. The summed E-state index contributed by atoms with van der Waals surface area (Å²) in [6.07, 6.45) is 116. The summed E-state index contributed by atoms with van der Waals surface area (Å²) in [5.41, 5.74) is 0. The van der Waals surface area contributed by atoms with E-state index in [4.69, 9.17) is 18.9 Å². The van der Waals surface area contributed by atoms with Gasteiger partial charge < -0.3 is 33.3 Å². The maximum Gasteiger partial charge on any atom is 0.306 e. The van der Waals surface area contributed by atoms with Crippen LogP contribution in [-0.2, 0) is 33.3 Å². The van der Waals surface area contributed by atoms with Crippen molar-refractivity contribution in [2.24, 2.45) is 0 Å². The van der Waals surface area contributed by atoms with Gasteiger partial charge in [-0.3, -0.25) is 9.59 Å². The molecule has 0 radical (unpaired) electrons. The largest absolute Gasteiger partial charge is 0.545 e. The molecule has 0 bridgehead atoms. The van der Waals surface area contributed by atoms with Gasteiger partial charge in [-0.2, -0.15) is 0 Å². The fourth-order valence-electron chi connectivity index (χ4n) is 12.6. The Bertz CT molecular complexity index is 2120. The first-order valence-corrected chi connectivity index (χ1v) is 43.7. The van der Waals surface area contributed by atoms with Crippen LogP contribution in [0.4, 0.5) is 0 Å². The average Bonchev–Trinajstić information content (AvgIpc) is 1.16. The Kier molecular flexibility index (Phi) is 79.8. The van der Waals surface area contributed by atoms with Crippen LogP contribution in [0.2, 0.25) is 0 Å². The van der Waals surface area contributed by atoms with E-state index in [9.17, 15) is 19.5 Å². The maximum atomic E-state index is 13.0. The Labute approximate surface area is 637 Å². The number of esters is 2. The molecule has 0 aliphatic heterocycles. The molecule has 0 rings (SSSR count). The summed E-state index contributed by atoms with van der Waals surface area (Å²) in [6, 6.07) is 0. The fourth-order valence-corrected chi connectivity index (χ4v) is 12.6. The van der Waals surface area contributed by atoms with Gasteiger partial charge in [-0.25, -0.2) is 0 Å². The number of rotatable bonds is 81. The van der Waals surface area contributed by atoms with Crippen molar-refractivity contribution in [1.82, 2.24) is 0 Å². The second-order valence-electron chi connectivity index (χ2n) is 30.4. The highest BCUT2D eigenvalue weighted by Crippen LogP contribution is 2.20. The Morgan fingerprint density at radius 2 is 0.553 bits per heavy atom. The van der Waals surface area contributed by atoms with Crippen LogP contribution in [0.1, 0.15) is 399 Å². The van der Waals surface area contributed by atoms with E-state index in [1.165, 1.54) is 270 Å². The highest BCUT2D eigenvalue weighted by Gasteiger charge is 2.22. The van der Waals surface area contributed by atoms with E-state index in [2.05, 4.69) is 135 Å². The standard InChI is InChI=1S/C94H165NO8/c1-6-8-10-12-14-16-18-20-22-24-26-28-30-32-34-36-38-40-42-44-45-46-47-49-50-52-54-56-58-60-62-64-66-68-70-72-74-76-78-80-82-84-91(96)101-88-90(89-102-94(93(98)99)100-87-86-95(3,4)5)103-92(97)85-83-81-79-77-75-73-71-69-67-65-63-61-59-57-55-53-51-48-43-41-39-37-35-33-31-29-27-25-23-21-19-17-15-13-11-9-7-2/h9,11,15,17-18,20-21,23-24,26-27,29-30,32-33,35,39,41,48,51,90,94H,6-8,10,12-14,16,19,22,25,28,31,34,36-38,40,42-47,49-50,52-89H2,1-5H3/b11-9-,17-15-,20-18-,23-21-,26-24-,29-27-,32-30-,35-33-,41-39-,51-48-. The van der Waals surface area contributed by atoms with Crippen LogP contribution >= 0.6 is 0 Å². The summed E-state index contributed by atoms with van der Waals surface area (Å²) in [6.45, 7) is 4.67. The first kappa shape index (κ1) is 98.7. The van der Waals surface area contributed by atoms with Gasteiger partial charge in [0.05, 0.1) is 40.3 Å². The minimum absolute atomic E-state index is 0.146. The Hall–Kier alpha value is -4.31. The number of allylic oxidation sites excluding steroid dienone is 20. The monoisotopic (exact) mass is 1440 g/mol. The quantitative estimate of drug-likeness (QED) is 0.0195. The summed E-state index contributed by atoms with van der Waals surface area (Å²) in [4.78, 5) is 37.7. The average molecular weight is 1440 g/mol. The molecule has 9 heteroatoms. The molecule has 9 nitrogen and oxygen atoms in total. The van der Waals surface area contributed by atoms with Crippen molar-refractivity contribution < 1.29 is 42.9 Å². The summed E-state index contributed by atoms with van der Waals surface area (Å²) in [5.74, 6) is -2.26. The van der Waals surface area contributed by atoms with Crippen molar-refractivity contribution in [2.45, 2.75) is 411 Å². The summed E-state index contributed by atoms with van der Waals surface area (Å²) in [7, 11) is 5.95. The third-order valence-electron chi connectivity index (χ3n) is 19.2. The molecule has 0 aliphatic carbocycles. The van der Waals surface area contributed by atoms with Gasteiger partial charge in [0.2, 0.25) is 0 Å². The lowest BCUT2D eigenvalue weighted by atomic mass is 10.0. The number of hydrogen-bond donors (Lipinski definition) is 0. The molecule has 0 aromatic rings. The van der Waals surface area contributed by atoms with Gasteiger partial charge in [0.15, 0.2) is 12.4 Å². The number of ether oxygens (including phenoxy) is 4. The molecule has 103 heavy (non-hydrogen) atoms. The Balaban J connectivity index is 3.96. The van der Waals surface area contributed by atoms with Gasteiger partial charge >= 0.3 is 11.9 Å². The van der Waals surface area contributed by atoms with Gasteiger partial charge in [0.1, 0.15) is 13.2 Å². The lowest BCUT2D eigenvalue weighted by molar-refractivity contribution is -0.870. The van der Waals surface area contributed by atoms with E-state index in [1.807, 2.05) is 21.1 Å². The van der Waals surface area contributed by atoms with Gasteiger partial charge in [0, 0.05) is 12.8 Å². The lowest BCUT2D eigenvalue weighted by Crippen LogP contribution is -2.44. The second kappa shape index (κ2) is 83.3.